The number of nitrogens with one attached hydrogen (secondary N) is 1. The van der Waals surface area contributed by atoms with Gasteiger partial charge >= 0.3 is 5.82 Å². The molecule has 128 valence electrons. The molecule has 1 N–H and O–H groups in total. The first-order valence-electron chi connectivity index (χ1n) is 7.24. The molecule has 0 unspecified atom stereocenters. The van der Waals surface area contributed by atoms with Gasteiger partial charge in [-0.3, -0.25) is 9.48 Å². The minimum absolute atomic E-state index is 0.164. The van der Waals surface area contributed by atoms with Gasteiger partial charge in [0.05, 0.1) is 35.8 Å². The largest absolute Gasteiger partial charge is 0.389 e. The predicted molar refractivity (Wildman–Crippen MR) is 85.2 cm³/mol. The van der Waals surface area contributed by atoms with Gasteiger partial charge in [0.1, 0.15) is 12.4 Å². The zero-order valence-electron chi connectivity index (χ0n) is 12.9. The Kier molecular flexibility index (Phi) is 4.50. The highest BCUT2D eigenvalue weighted by molar-refractivity contribution is 5.90. The smallest absolute Gasteiger partial charge is 0.358 e. The maximum Gasteiger partial charge on any atom is 0.389 e. The summed E-state index contributed by atoms with van der Waals surface area (Å²) in [6.45, 7) is 0.196. The Morgan fingerprint density at radius 1 is 1.32 bits per heavy atom. The summed E-state index contributed by atoms with van der Waals surface area (Å²) < 4.78 is 15.9. The van der Waals surface area contributed by atoms with Gasteiger partial charge in [0.25, 0.3) is 0 Å². The molecule has 9 nitrogen and oxygen atoms in total. The van der Waals surface area contributed by atoms with Crippen molar-refractivity contribution in [3.8, 4) is 0 Å². The third kappa shape index (κ3) is 4.25. The van der Waals surface area contributed by atoms with E-state index in [1.807, 2.05) is 0 Å². The lowest BCUT2D eigenvalue weighted by Gasteiger charge is -2.02. The van der Waals surface area contributed by atoms with Crippen LogP contribution in [0.2, 0.25) is 0 Å². The standard InChI is InChI=1S/C15H13FN6O3/c16-12-3-1-2-11(6-12)8-21-9-13(7-17-21)18-15(23)10-20-5-4-14(19-20)22(24)25/h1-7,9H,8,10H2,(H,18,23). The molecule has 0 saturated heterocycles. The summed E-state index contributed by atoms with van der Waals surface area (Å²) in [6.07, 6.45) is 4.42. The van der Waals surface area contributed by atoms with Crippen molar-refractivity contribution in [1.29, 1.82) is 0 Å². The van der Waals surface area contributed by atoms with Gasteiger partial charge in [-0.05, 0) is 22.6 Å². The zero-order valence-corrected chi connectivity index (χ0v) is 12.9. The third-order valence-electron chi connectivity index (χ3n) is 3.27. The Morgan fingerprint density at radius 2 is 2.16 bits per heavy atom. The number of carbonyl (C=O) groups excluding carboxylic acids is 1. The molecule has 1 aromatic carbocycles. The van der Waals surface area contributed by atoms with Gasteiger partial charge in [-0.2, -0.15) is 9.78 Å². The molecule has 0 fully saturated rings. The van der Waals surface area contributed by atoms with Crippen LogP contribution >= 0.6 is 0 Å². The van der Waals surface area contributed by atoms with E-state index in [1.54, 1.807) is 23.0 Å². The molecule has 1 amide bonds. The molecule has 3 rings (SSSR count). The van der Waals surface area contributed by atoms with Crippen molar-refractivity contribution in [2.24, 2.45) is 0 Å². The van der Waals surface area contributed by atoms with E-state index in [0.29, 0.717) is 12.2 Å². The van der Waals surface area contributed by atoms with Crippen molar-refractivity contribution in [3.05, 3.63) is 70.4 Å². The van der Waals surface area contributed by atoms with Crippen LogP contribution in [0.25, 0.3) is 0 Å². The molecule has 25 heavy (non-hydrogen) atoms. The molecule has 0 bridgehead atoms. The van der Waals surface area contributed by atoms with E-state index in [4.69, 9.17) is 0 Å². The van der Waals surface area contributed by atoms with Gasteiger partial charge in [0.2, 0.25) is 5.91 Å². The Balaban J connectivity index is 1.58. The average Bonchev–Trinajstić information content (AvgIpc) is 3.17. The van der Waals surface area contributed by atoms with Crippen LogP contribution in [0.4, 0.5) is 15.9 Å². The molecular weight excluding hydrogens is 331 g/mol. The number of benzene rings is 1. The van der Waals surface area contributed by atoms with E-state index in [0.717, 1.165) is 5.56 Å². The van der Waals surface area contributed by atoms with E-state index in [2.05, 4.69) is 15.5 Å². The number of rotatable bonds is 6. The van der Waals surface area contributed by atoms with Gasteiger partial charge in [-0.25, -0.2) is 4.39 Å². The number of hydrogen-bond acceptors (Lipinski definition) is 5. The van der Waals surface area contributed by atoms with Crippen LogP contribution in [-0.2, 0) is 17.9 Å². The van der Waals surface area contributed by atoms with Gasteiger partial charge < -0.3 is 15.4 Å². The van der Waals surface area contributed by atoms with Crippen molar-refractivity contribution < 1.29 is 14.1 Å². The highest BCUT2D eigenvalue weighted by atomic mass is 19.1. The molecule has 0 aliphatic carbocycles. The van der Waals surface area contributed by atoms with Crippen LogP contribution in [-0.4, -0.2) is 30.4 Å². The lowest BCUT2D eigenvalue weighted by Crippen LogP contribution is -2.18. The number of aromatic nitrogens is 4. The van der Waals surface area contributed by atoms with Crippen molar-refractivity contribution in [2.75, 3.05) is 5.32 Å². The quantitative estimate of drug-likeness (QED) is 0.542. The Bertz CT molecular complexity index is 919. The van der Waals surface area contributed by atoms with Crippen LogP contribution in [0.1, 0.15) is 5.56 Å². The van der Waals surface area contributed by atoms with Gasteiger partial charge in [-0.1, -0.05) is 12.1 Å². The number of halogens is 1. The predicted octanol–water partition coefficient (Wildman–Crippen LogP) is 1.81. The average molecular weight is 344 g/mol. The van der Waals surface area contributed by atoms with E-state index >= 15 is 0 Å². The summed E-state index contributed by atoms with van der Waals surface area (Å²) in [5, 5.41) is 20.9. The second-order valence-electron chi connectivity index (χ2n) is 5.23. The summed E-state index contributed by atoms with van der Waals surface area (Å²) in [6, 6.07) is 7.36. The number of nitrogens with zero attached hydrogens (tertiary/aromatic N) is 5. The summed E-state index contributed by atoms with van der Waals surface area (Å²) in [4.78, 5) is 21.9. The van der Waals surface area contributed by atoms with Crippen LogP contribution in [0, 0.1) is 15.9 Å². The van der Waals surface area contributed by atoms with Crippen LogP contribution < -0.4 is 5.32 Å². The Hall–Kier alpha value is -3.56. The molecule has 10 heteroatoms. The first-order valence-corrected chi connectivity index (χ1v) is 7.24. The highest BCUT2D eigenvalue weighted by Gasteiger charge is 2.14. The van der Waals surface area contributed by atoms with Crippen LogP contribution in [0.15, 0.2) is 48.9 Å². The maximum atomic E-state index is 13.2. The molecule has 0 atom stereocenters. The number of hydrogen-bond donors (Lipinski definition) is 1. The molecule has 0 radical (unpaired) electrons. The van der Waals surface area contributed by atoms with E-state index < -0.39 is 10.8 Å². The first kappa shape index (κ1) is 16.3. The molecule has 0 saturated carbocycles. The normalized spacial score (nSPS) is 10.6. The minimum atomic E-state index is -0.634. The molecular formula is C15H13FN6O3. The topological polar surface area (TPSA) is 108 Å². The highest BCUT2D eigenvalue weighted by Crippen LogP contribution is 2.10. The molecule has 2 aromatic heterocycles. The van der Waals surface area contributed by atoms with E-state index in [1.165, 1.54) is 35.3 Å². The molecule has 3 aromatic rings. The Labute approximate surface area is 140 Å². The number of anilines is 1. The lowest BCUT2D eigenvalue weighted by molar-refractivity contribution is -0.389. The lowest BCUT2D eigenvalue weighted by atomic mass is 10.2. The summed E-state index contributed by atoms with van der Waals surface area (Å²) in [5.41, 5.74) is 1.20. The molecule has 0 aliphatic heterocycles. The van der Waals surface area contributed by atoms with E-state index in [-0.39, 0.29) is 18.2 Å². The second-order valence-corrected chi connectivity index (χ2v) is 5.23. The fraction of sp³-hybridized carbons (Fsp3) is 0.133. The fourth-order valence-corrected chi connectivity index (χ4v) is 2.22. The summed E-state index contributed by atoms with van der Waals surface area (Å²) in [5.74, 6) is -1.05. The SMILES string of the molecule is O=C(Cn1ccc([N+](=O)[O-])n1)Nc1cnn(Cc2cccc(F)c2)c1. The van der Waals surface area contributed by atoms with Crippen molar-refractivity contribution >= 4 is 17.4 Å². The molecule has 2 heterocycles. The van der Waals surface area contributed by atoms with Crippen LogP contribution in [0.5, 0.6) is 0 Å². The van der Waals surface area contributed by atoms with Gasteiger partial charge in [-0.15, -0.1) is 0 Å². The van der Waals surface area contributed by atoms with E-state index in [9.17, 15) is 19.3 Å². The zero-order chi connectivity index (χ0) is 17.8. The number of amides is 1. The summed E-state index contributed by atoms with van der Waals surface area (Å²) in [7, 11) is 0. The Morgan fingerprint density at radius 3 is 2.88 bits per heavy atom. The minimum Gasteiger partial charge on any atom is -0.358 e. The fourth-order valence-electron chi connectivity index (χ4n) is 2.22. The summed E-state index contributed by atoms with van der Waals surface area (Å²) >= 11 is 0. The monoisotopic (exact) mass is 344 g/mol. The van der Waals surface area contributed by atoms with Gasteiger partial charge in [0.15, 0.2) is 0 Å². The molecule has 0 aliphatic rings. The second kappa shape index (κ2) is 6.91. The van der Waals surface area contributed by atoms with Crippen molar-refractivity contribution in [2.45, 2.75) is 13.1 Å². The molecule has 0 spiro atoms. The van der Waals surface area contributed by atoms with Crippen LogP contribution in [0.3, 0.4) is 0 Å². The van der Waals surface area contributed by atoms with Crippen molar-refractivity contribution in [1.82, 2.24) is 19.6 Å². The first-order chi connectivity index (χ1) is 12.0. The third-order valence-corrected chi connectivity index (χ3v) is 3.27. The van der Waals surface area contributed by atoms with Crippen molar-refractivity contribution in [3.63, 3.8) is 0 Å². The number of nitro groups is 1. The number of carbonyl (C=O) groups is 1. The van der Waals surface area contributed by atoms with Gasteiger partial charge in [0, 0.05) is 6.20 Å². The maximum absolute atomic E-state index is 13.2.